The van der Waals surface area contributed by atoms with Crippen LogP contribution in [0.1, 0.15) is 51.2 Å². The second-order valence-electron chi connectivity index (χ2n) is 7.93. The number of hydrogen-bond acceptors (Lipinski definition) is 4. The number of hydrogen-bond donors (Lipinski definition) is 1. The molecule has 0 radical (unpaired) electrons. The maximum atomic E-state index is 12.7. The molecule has 2 aliphatic heterocycles. The third-order valence-corrected chi connectivity index (χ3v) is 4.72. The van der Waals surface area contributed by atoms with Gasteiger partial charge < -0.3 is 14.8 Å². The van der Waals surface area contributed by atoms with Gasteiger partial charge in [0.1, 0.15) is 5.60 Å². The average Bonchev–Trinajstić information content (AvgIpc) is 2.58. The first-order chi connectivity index (χ1) is 11.9. The quantitative estimate of drug-likeness (QED) is 0.908. The summed E-state index contributed by atoms with van der Waals surface area (Å²) in [6.45, 7) is 8.88. The Morgan fingerprint density at radius 1 is 1.32 bits per heavy atom. The van der Waals surface area contributed by atoms with Crippen LogP contribution in [0.3, 0.4) is 0 Å². The number of rotatable bonds is 3. The first-order valence-corrected chi connectivity index (χ1v) is 9.36. The molecule has 1 amide bonds. The highest BCUT2D eigenvalue weighted by Gasteiger charge is 2.29. The number of anilines is 1. The fourth-order valence-electron chi connectivity index (χ4n) is 3.53. The molecule has 0 saturated carbocycles. The van der Waals surface area contributed by atoms with E-state index in [9.17, 15) is 4.79 Å². The highest BCUT2D eigenvalue weighted by Crippen LogP contribution is 2.32. The van der Waals surface area contributed by atoms with Crippen LogP contribution in [0.2, 0.25) is 0 Å². The van der Waals surface area contributed by atoms with Crippen LogP contribution in [0.25, 0.3) is 0 Å². The van der Waals surface area contributed by atoms with E-state index in [0.717, 1.165) is 57.7 Å². The Morgan fingerprint density at radius 2 is 2.08 bits per heavy atom. The standard InChI is InChI=1S/C20H30N2O3/c1-20(2,3)25-19(23)22-11-5-8-15-6-4-7-16(18(15)22)14-21-17-9-12-24-13-10-17/h4,6-7,17,21H,5,8-14H2,1-3H3. The Labute approximate surface area is 150 Å². The smallest absolute Gasteiger partial charge is 0.414 e. The number of benzene rings is 1. The zero-order chi connectivity index (χ0) is 17.9. The largest absolute Gasteiger partial charge is 0.443 e. The van der Waals surface area contributed by atoms with E-state index in [4.69, 9.17) is 9.47 Å². The molecular weight excluding hydrogens is 316 g/mol. The SMILES string of the molecule is CC(C)(C)OC(=O)N1CCCc2cccc(CNC3CCOCC3)c21. The number of para-hydroxylation sites is 1. The third kappa shape index (κ3) is 4.73. The minimum absolute atomic E-state index is 0.244. The van der Waals surface area contributed by atoms with E-state index in [1.165, 1.54) is 11.1 Å². The van der Waals surface area contributed by atoms with E-state index in [2.05, 4.69) is 23.5 Å². The maximum Gasteiger partial charge on any atom is 0.414 e. The van der Waals surface area contributed by atoms with E-state index in [1.807, 2.05) is 25.7 Å². The van der Waals surface area contributed by atoms with E-state index < -0.39 is 5.60 Å². The van der Waals surface area contributed by atoms with E-state index >= 15 is 0 Å². The van der Waals surface area contributed by atoms with Gasteiger partial charge in [-0.05, 0) is 57.6 Å². The van der Waals surface area contributed by atoms with Crippen molar-refractivity contribution in [2.24, 2.45) is 0 Å². The van der Waals surface area contributed by atoms with E-state index in [0.29, 0.717) is 6.04 Å². The molecule has 0 aromatic heterocycles. The van der Waals surface area contributed by atoms with Gasteiger partial charge in [0.05, 0.1) is 5.69 Å². The van der Waals surface area contributed by atoms with Crippen molar-refractivity contribution in [3.8, 4) is 0 Å². The van der Waals surface area contributed by atoms with Gasteiger partial charge in [-0.3, -0.25) is 4.90 Å². The Hall–Kier alpha value is -1.59. The van der Waals surface area contributed by atoms with Crippen molar-refractivity contribution in [2.45, 2.75) is 64.6 Å². The van der Waals surface area contributed by atoms with Crippen molar-refractivity contribution in [3.63, 3.8) is 0 Å². The van der Waals surface area contributed by atoms with Gasteiger partial charge in [-0.25, -0.2) is 4.79 Å². The molecule has 0 atom stereocenters. The molecule has 138 valence electrons. The highest BCUT2D eigenvalue weighted by molar-refractivity contribution is 5.90. The number of nitrogens with one attached hydrogen (secondary N) is 1. The number of carbonyl (C=O) groups excluding carboxylic acids is 1. The fraction of sp³-hybridized carbons (Fsp3) is 0.650. The predicted octanol–water partition coefficient (Wildman–Crippen LogP) is 3.64. The van der Waals surface area contributed by atoms with Crippen LogP contribution in [0.5, 0.6) is 0 Å². The molecular formula is C20H30N2O3. The highest BCUT2D eigenvalue weighted by atomic mass is 16.6. The summed E-state index contributed by atoms with van der Waals surface area (Å²) >= 11 is 0. The minimum Gasteiger partial charge on any atom is -0.443 e. The normalized spacial score (nSPS) is 18.8. The Kier molecular flexibility index (Phi) is 5.64. The molecule has 2 aliphatic rings. The summed E-state index contributed by atoms with van der Waals surface area (Å²) < 4.78 is 11.1. The topological polar surface area (TPSA) is 50.8 Å². The van der Waals surface area contributed by atoms with Gasteiger partial charge in [0.15, 0.2) is 0 Å². The van der Waals surface area contributed by atoms with Crippen LogP contribution in [0, 0.1) is 0 Å². The van der Waals surface area contributed by atoms with Gasteiger partial charge in [-0.2, -0.15) is 0 Å². The van der Waals surface area contributed by atoms with Crippen LogP contribution in [-0.2, 0) is 22.4 Å². The number of nitrogens with zero attached hydrogens (tertiary/aromatic N) is 1. The van der Waals surface area contributed by atoms with Gasteiger partial charge >= 0.3 is 6.09 Å². The summed E-state index contributed by atoms with van der Waals surface area (Å²) in [4.78, 5) is 14.5. The summed E-state index contributed by atoms with van der Waals surface area (Å²) in [7, 11) is 0. The molecule has 0 aliphatic carbocycles. The summed E-state index contributed by atoms with van der Waals surface area (Å²) in [6, 6.07) is 6.83. The van der Waals surface area contributed by atoms with Crippen LogP contribution >= 0.6 is 0 Å². The lowest BCUT2D eigenvalue weighted by Gasteiger charge is -2.33. The lowest BCUT2D eigenvalue weighted by Crippen LogP contribution is -2.41. The van der Waals surface area contributed by atoms with Crippen LogP contribution in [0.4, 0.5) is 10.5 Å². The summed E-state index contributed by atoms with van der Waals surface area (Å²) in [5.41, 5.74) is 2.98. The Bertz CT molecular complexity index is 603. The summed E-state index contributed by atoms with van der Waals surface area (Å²) in [5.74, 6) is 0. The Balaban J connectivity index is 1.77. The van der Waals surface area contributed by atoms with Gasteiger partial charge in [-0.15, -0.1) is 0 Å². The lowest BCUT2D eigenvalue weighted by atomic mass is 9.97. The monoisotopic (exact) mass is 346 g/mol. The van der Waals surface area contributed by atoms with Crippen LogP contribution in [-0.4, -0.2) is 37.5 Å². The third-order valence-electron chi connectivity index (χ3n) is 4.72. The van der Waals surface area contributed by atoms with Gasteiger partial charge in [-0.1, -0.05) is 18.2 Å². The molecule has 0 spiro atoms. The minimum atomic E-state index is -0.482. The molecule has 1 aromatic rings. The molecule has 1 N–H and O–H groups in total. The first-order valence-electron chi connectivity index (χ1n) is 9.36. The summed E-state index contributed by atoms with van der Waals surface area (Å²) in [6.07, 6.45) is 3.84. The van der Waals surface area contributed by atoms with E-state index in [1.54, 1.807) is 0 Å². The number of fused-ring (bicyclic) bond motifs is 1. The van der Waals surface area contributed by atoms with Gasteiger partial charge in [0, 0.05) is 32.3 Å². The van der Waals surface area contributed by atoms with Crippen LogP contribution < -0.4 is 10.2 Å². The molecule has 5 heteroatoms. The van der Waals surface area contributed by atoms with Crippen LogP contribution in [0.15, 0.2) is 18.2 Å². The van der Waals surface area contributed by atoms with Crippen molar-refractivity contribution in [1.82, 2.24) is 5.32 Å². The first kappa shape index (κ1) is 18.2. The molecule has 0 unspecified atom stereocenters. The lowest BCUT2D eigenvalue weighted by molar-refractivity contribution is 0.0577. The molecule has 0 bridgehead atoms. The summed E-state index contributed by atoms with van der Waals surface area (Å²) in [5, 5.41) is 3.64. The zero-order valence-electron chi connectivity index (χ0n) is 15.6. The second-order valence-corrected chi connectivity index (χ2v) is 7.93. The second kappa shape index (κ2) is 7.75. The molecule has 3 rings (SSSR count). The zero-order valence-corrected chi connectivity index (χ0v) is 15.6. The molecule has 1 fully saturated rings. The van der Waals surface area contributed by atoms with E-state index in [-0.39, 0.29) is 6.09 Å². The van der Waals surface area contributed by atoms with Gasteiger partial charge in [0.2, 0.25) is 0 Å². The molecule has 1 aromatic carbocycles. The van der Waals surface area contributed by atoms with Crippen molar-refractivity contribution >= 4 is 11.8 Å². The van der Waals surface area contributed by atoms with Crippen molar-refractivity contribution < 1.29 is 14.3 Å². The average molecular weight is 346 g/mol. The number of carbonyl (C=O) groups is 1. The molecule has 5 nitrogen and oxygen atoms in total. The number of aryl methyl sites for hydroxylation is 1. The van der Waals surface area contributed by atoms with Gasteiger partial charge in [0.25, 0.3) is 0 Å². The number of ether oxygens (including phenoxy) is 2. The van der Waals surface area contributed by atoms with Crippen molar-refractivity contribution in [2.75, 3.05) is 24.7 Å². The number of amides is 1. The fourth-order valence-corrected chi connectivity index (χ4v) is 3.53. The predicted molar refractivity (Wildman–Crippen MR) is 99.0 cm³/mol. The Morgan fingerprint density at radius 3 is 2.80 bits per heavy atom. The molecule has 25 heavy (non-hydrogen) atoms. The molecule has 2 heterocycles. The molecule has 1 saturated heterocycles. The van der Waals surface area contributed by atoms with Crippen molar-refractivity contribution in [1.29, 1.82) is 0 Å². The maximum absolute atomic E-state index is 12.7. The van der Waals surface area contributed by atoms with Crippen molar-refractivity contribution in [3.05, 3.63) is 29.3 Å².